The van der Waals surface area contributed by atoms with E-state index in [0.29, 0.717) is 12.8 Å². The van der Waals surface area contributed by atoms with E-state index in [2.05, 4.69) is 5.32 Å². The summed E-state index contributed by atoms with van der Waals surface area (Å²) in [6.45, 7) is 1.57. The fourth-order valence-corrected chi connectivity index (χ4v) is 3.73. The molecule has 142 valence electrons. The molecule has 1 fully saturated rings. The summed E-state index contributed by atoms with van der Waals surface area (Å²) in [6, 6.07) is 4.38. The number of carbonyl (C=O) groups is 2. The summed E-state index contributed by atoms with van der Waals surface area (Å²) < 4.78 is 29.5. The Kier molecular flexibility index (Phi) is 5.93. The van der Waals surface area contributed by atoms with Gasteiger partial charge in [0.15, 0.2) is 6.10 Å². The number of anilines is 1. The zero-order valence-electron chi connectivity index (χ0n) is 14.2. The van der Waals surface area contributed by atoms with Crippen LogP contribution in [0.5, 0.6) is 0 Å². The molecule has 0 unspecified atom stereocenters. The van der Waals surface area contributed by atoms with Crippen molar-refractivity contribution in [1.29, 1.82) is 0 Å². The molecule has 1 heterocycles. The summed E-state index contributed by atoms with van der Waals surface area (Å²) in [7, 11) is -3.55. The van der Waals surface area contributed by atoms with E-state index in [1.165, 1.54) is 31.2 Å². The monoisotopic (exact) mass is 385 g/mol. The van der Waals surface area contributed by atoms with Crippen LogP contribution in [0.3, 0.4) is 0 Å². The number of rotatable bonds is 6. The first kappa shape index (κ1) is 19.8. The number of nitrogens with zero attached hydrogens (tertiary/aromatic N) is 2. The van der Waals surface area contributed by atoms with Gasteiger partial charge in [-0.2, -0.15) is 4.31 Å². The Morgan fingerprint density at radius 3 is 2.73 bits per heavy atom. The van der Waals surface area contributed by atoms with Gasteiger partial charge in [-0.05, 0) is 25.8 Å². The van der Waals surface area contributed by atoms with Gasteiger partial charge in [0.2, 0.25) is 10.0 Å². The molecule has 11 heteroatoms. The fraction of sp³-hybridized carbons (Fsp3) is 0.467. The Morgan fingerprint density at radius 2 is 2.12 bits per heavy atom. The van der Waals surface area contributed by atoms with Crippen molar-refractivity contribution >= 4 is 33.3 Å². The second-order valence-electron chi connectivity index (χ2n) is 5.91. The Labute approximate surface area is 150 Å². The smallest absolute Gasteiger partial charge is 0.325 e. The third-order valence-electron chi connectivity index (χ3n) is 3.89. The first-order valence-corrected chi connectivity index (χ1v) is 9.67. The van der Waals surface area contributed by atoms with Gasteiger partial charge >= 0.3 is 5.97 Å². The molecule has 2 atom stereocenters. The minimum Gasteiger partial charge on any atom is -0.451 e. The largest absolute Gasteiger partial charge is 0.451 e. The van der Waals surface area contributed by atoms with E-state index in [0.717, 1.165) is 10.6 Å². The quantitative estimate of drug-likeness (QED) is 0.436. The molecule has 0 saturated carbocycles. The van der Waals surface area contributed by atoms with E-state index in [1.807, 2.05) is 0 Å². The summed E-state index contributed by atoms with van der Waals surface area (Å²) in [5.74, 6) is -1.47. The number of benzene rings is 1. The lowest BCUT2D eigenvalue weighted by Crippen LogP contribution is -2.43. The van der Waals surface area contributed by atoms with Crippen molar-refractivity contribution in [3.8, 4) is 0 Å². The lowest BCUT2D eigenvalue weighted by Gasteiger charge is -2.22. The van der Waals surface area contributed by atoms with E-state index in [1.54, 1.807) is 0 Å². The molecule has 0 aromatic heterocycles. The number of ether oxygens (including phenoxy) is 1. The molecule has 1 aliphatic heterocycles. The molecule has 1 N–H and O–H groups in total. The highest BCUT2D eigenvalue weighted by Gasteiger charge is 2.38. The number of nitro groups is 1. The number of hydrogen-bond donors (Lipinski definition) is 1. The number of nitro benzene ring substituents is 1. The second-order valence-corrected chi connectivity index (χ2v) is 7.84. The van der Waals surface area contributed by atoms with Crippen molar-refractivity contribution in [3.05, 3.63) is 34.4 Å². The molecule has 2 rings (SSSR count). The molecule has 1 aliphatic rings. The van der Waals surface area contributed by atoms with E-state index in [4.69, 9.17) is 4.74 Å². The average Bonchev–Trinajstić information content (AvgIpc) is 3.05. The molecule has 0 bridgehead atoms. The molecule has 0 radical (unpaired) electrons. The zero-order chi connectivity index (χ0) is 19.5. The van der Waals surface area contributed by atoms with Crippen LogP contribution in [-0.2, 0) is 24.3 Å². The average molecular weight is 385 g/mol. The van der Waals surface area contributed by atoms with Crippen molar-refractivity contribution in [1.82, 2.24) is 4.31 Å². The van der Waals surface area contributed by atoms with Crippen molar-refractivity contribution in [2.45, 2.75) is 31.9 Å². The minimum atomic E-state index is -3.55. The number of amides is 1. The molecule has 1 saturated heterocycles. The van der Waals surface area contributed by atoms with Crippen molar-refractivity contribution in [2.24, 2.45) is 0 Å². The standard InChI is InChI=1S/C15H19N3O7S/c1-10(14(19)16-11-5-3-6-12(9-11)18(21)22)25-15(20)13-7-4-8-17(13)26(2,23)24/h3,5-6,9-10,13H,4,7-8H2,1-2H3,(H,16,19)/t10-,13+/m1/s1. The maximum absolute atomic E-state index is 12.2. The third kappa shape index (κ3) is 4.76. The van der Waals surface area contributed by atoms with E-state index >= 15 is 0 Å². The van der Waals surface area contributed by atoms with E-state index < -0.39 is 39.0 Å². The molecule has 1 aromatic rings. The Hall–Kier alpha value is -2.53. The highest BCUT2D eigenvalue weighted by Crippen LogP contribution is 2.22. The molecular formula is C15H19N3O7S. The normalized spacial score (nSPS) is 18.9. The number of carbonyl (C=O) groups excluding carboxylic acids is 2. The summed E-state index contributed by atoms with van der Waals surface area (Å²) in [5.41, 5.74) is -0.00655. The van der Waals surface area contributed by atoms with Gasteiger partial charge in [0.05, 0.1) is 11.2 Å². The predicted octanol–water partition coefficient (Wildman–Crippen LogP) is 0.889. The molecule has 10 nitrogen and oxygen atoms in total. The molecule has 0 aliphatic carbocycles. The minimum absolute atomic E-state index is 0.186. The highest BCUT2D eigenvalue weighted by atomic mass is 32.2. The molecule has 1 amide bonds. The molecule has 0 spiro atoms. The first-order valence-electron chi connectivity index (χ1n) is 7.82. The number of esters is 1. The predicted molar refractivity (Wildman–Crippen MR) is 91.9 cm³/mol. The third-order valence-corrected chi connectivity index (χ3v) is 5.18. The Balaban J connectivity index is 1.99. The van der Waals surface area contributed by atoms with Crippen LogP contribution in [0.4, 0.5) is 11.4 Å². The van der Waals surface area contributed by atoms with Crippen LogP contribution in [0.25, 0.3) is 0 Å². The zero-order valence-corrected chi connectivity index (χ0v) is 15.1. The van der Waals surface area contributed by atoms with Crippen molar-refractivity contribution in [3.63, 3.8) is 0 Å². The second kappa shape index (κ2) is 7.79. The van der Waals surface area contributed by atoms with Crippen LogP contribution in [0.1, 0.15) is 19.8 Å². The van der Waals surface area contributed by atoms with Crippen LogP contribution in [-0.4, -0.2) is 54.5 Å². The van der Waals surface area contributed by atoms with Crippen LogP contribution in [0, 0.1) is 10.1 Å². The van der Waals surface area contributed by atoms with Gasteiger partial charge in [-0.25, -0.2) is 8.42 Å². The number of non-ortho nitro benzene ring substituents is 1. The maximum atomic E-state index is 12.2. The van der Waals surface area contributed by atoms with Crippen LogP contribution in [0.2, 0.25) is 0 Å². The lowest BCUT2D eigenvalue weighted by atomic mass is 10.2. The summed E-state index contributed by atoms with van der Waals surface area (Å²) in [5, 5.41) is 13.2. The molecular weight excluding hydrogens is 366 g/mol. The van der Waals surface area contributed by atoms with Gasteiger partial charge in [0.25, 0.3) is 11.6 Å². The summed E-state index contributed by atoms with van der Waals surface area (Å²) in [6.07, 6.45) is 0.673. The molecule has 1 aromatic carbocycles. The maximum Gasteiger partial charge on any atom is 0.325 e. The van der Waals surface area contributed by atoms with Crippen molar-refractivity contribution < 1.29 is 27.7 Å². The first-order chi connectivity index (χ1) is 12.1. The van der Waals surface area contributed by atoms with Gasteiger partial charge in [-0.1, -0.05) is 6.07 Å². The fourth-order valence-electron chi connectivity index (χ4n) is 2.62. The SMILES string of the molecule is C[C@@H](OC(=O)[C@@H]1CCCN1S(C)(=O)=O)C(=O)Nc1cccc([N+](=O)[O-])c1. The number of hydrogen-bond acceptors (Lipinski definition) is 7. The van der Waals surface area contributed by atoms with E-state index in [-0.39, 0.29) is 17.9 Å². The van der Waals surface area contributed by atoms with Gasteiger partial charge in [-0.15, -0.1) is 0 Å². The molecule has 26 heavy (non-hydrogen) atoms. The topological polar surface area (TPSA) is 136 Å². The van der Waals surface area contributed by atoms with Gasteiger partial charge < -0.3 is 10.1 Å². The number of nitrogens with one attached hydrogen (secondary N) is 1. The summed E-state index contributed by atoms with van der Waals surface area (Å²) >= 11 is 0. The Morgan fingerprint density at radius 1 is 1.42 bits per heavy atom. The van der Waals surface area contributed by atoms with Crippen LogP contribution in [0.15, 0.2) is 24.3 Å². The van der Waals surface area contributed by atoms with Gasteiger partial charge in [-0.3, -0.25) is 19.7 Å². The van der Waals surface area contributed by atoms with Gasteiger partial charge in [0.1, 0.15) is 6.04 Å². The number of sulfonamides is 1. The van der Waals surface area contributed by atoms with Gasteiger partial charge in [0, 0.05) is 24.4 Å². The highest BCUT2D eigenvalue weighted by molar-refractivity contribution is 7.88. The Bertz CT molecular complexity index is 824. The van der Waals surface area contributed by atoms with Crippen molar-refractivity contribution in [2.75, 3.05) is 18.1 Å². The lowest BCUT2D eigenvalue weighted by molar-refractivity contribution is -0.384. The van der Waals surface area contributed by atoms with E-state index in [9.17, 15) is 28.1 Å². The van der Waals surface area contributed by atoms with Crippen LogP contribution < -0.4 is 5.32 Å². The van der Waals surface area contributed by atoms with Crippen LogP contribution >= 0.6 is 0 Å². The summed E-state index contributed by atoms with van der Waals surface area (Å²) in [4.78, 5) is 34.5.